The highest BCUT2D eigenvalue weighted by atomic mass is 16.2. The molecule has 2 heterocycles. The first-order valence-electron chi connectivity index (χ1n) is 16.5. The van der Waals surface area contributed by atoms with Gasteiger partial charge < -0.3 is 26.6 Å². The molecule has 0 radical (unpaired) electrons. The minimum atomic E-state index is -1.13. The average molecular weight is 642 g/mol. The molecule has 13 heteroatoms. The molecule has 254 valence electrons. The number of nitrogens with one attached hydrogen (secondary N) is 3. The number of hydrogen-bond donors (Lipinski definition) is 4. The molecule has 1 saturated heterocycles. The number of nitrogens with two attached hydrogens (primary N) is 1. The lowest BCUT2D eigenvalue weighted by Crippen LogP contribution is -2.62. The smallest absolute Gasteiger partial charge is 0.287 e. The lowest BCUT2D eigenvalue weighted by atomic mass is 9.82. The fourth-order valence-corrected chi connectivity index (χ4v) is 6.38. The maximum absolute atomic E-state index is 14.4. The van der Waals surface area contributed by atoms with Gasteiger partial charge in [-0.25, -0.2) is 4.98 Å². The van der Waals surface area contributed by atoms with E-state index in [4.69, 9.17) is 5.73 Å². The second-order valence-electron chi connectivity index (χ2n) is 14.1. The van der Waals surface area contributed by atoms with E-state index < -0.39 is 64.9 Å². The Kier molecular flexibility index (Phi) is 12.8. The highest BCUT2D eigenvalue weighted by Gasteiger charge is 2.47. The quantitative estimate of drug-likeness (QED) is 0.235. The van der Waals surface area contributed by atoms with Crippen molar-refractivity contribution < 1.29 is 28.8 Å². The molecule has 1 aromatic rings. The molecule has 1 aromatic heterocycles. The van der Waals surface area contributed by atoms with E-state index in [1.165, 1.54) is 23.5 Å². The summed E-state index contributed by atoms with van der Waals surface area (Å²) in [6.07, 6.45) is 9.71. The Morgan fingerprint density at radius 2 is 1.65 bits per heavy atom. The first-order chi connectivity index (χ1) is 21.6. The summed E-state index contributed by atoms with van der Waals surface area (Å²) in [6.45, 7) is 11.6. The lowest BCUT2D eigenvalue weighted by molar-refractivity contribution is -0.145. The van der Waals surface area contributed by atoms with Gasteiger partial charge in [-0.15, -0.1) is 0 Å². The minimum absolute atomic E-state index is 0.00579. The van der Waals surface area contributed by atoms with Crippen molar-refractivity contribution in [3.63, 3.8) is 0 Å². The van der Waals surface area contributed by atoms with Crippen molar-refractivity contribution in [2.75, 3.05) is 6.54 Å². The fraction of sp³-hybridized carbons (Fsp3) is 0.697. The lowest BCUT2D eigenvalue weighted by Gasteiger charge is -2.37. The standard InChI is InChI=1S/C33H51N7O6/c1-7-11-22(26(41)28(34)42)37-30(44)24-16-21(19(2)3)18-40(24)32(46)27(33(4,5)6)39-31(45)25(20-12-9-8-10-13-20)38-29(43)23-17-35-14-15-36-23/h14-15,17,19-22,24-25,27H,7-13,16,18H2,1-6H3,(H2,34,42)(H,37,44)(H,38,43)(H,39,45)/t21-,22?,24+,25+,27-/m1/s1. The molecule has 1 aliphatic carbocycles. The summed E-state index contributed by atoms with van der Waals surface area (Å²) in [5.74, 6) is -3.97. The highest BCUT2D eigenvalue weighted by molar-refractivity contribution is 6.37. The van der Waals surface area contributed by atoms with Crippen LogP contribution in [-0.4, -0.2) is 80.9 Å². The molecule has 0 spiro atoms. The molecular formula is C33H51N7O6. The van der Waals surface area contributed by atoms with Crippen molar-refractivity contribution in [3.8, 4) is 0 Å². The van der Waals surface area contributed by atoms with Gasteiger partial charge >= 0.3 is 0 Å². The molecule has 1 unspecified atom stereocenters. The zero-order valence-corrected chi connectivity index (χ0v) is 28.0. The van der Waals surface area contributed by atoms with Gasteiger partial charge in [0.05, 0.1) is 12.2 Å². The van der Waals surface area contributed by atoms with Crippen LogP contribution in [0.25, 0.3) is 0 Å². The first kappa shape index (κ1) is 36.6. The Labute approximate surface area is 271 Å². The van der Waals surface area contributed by atoms with E-state index in [1.807, 2.05) is 41.5 Å². The summed E-state index contributed by atoms with van der Waals surface area (Å²) in [7, 11) is 0. The number of hydrogen-bond acceptors (Lipinski definition) is 8. The molecule has 1 aliphatic heterocycles. The third-order valence-corrected chi connectivity index (χ3v) is 9.20. The van der Waals surface area contributed by atoms with Gasteiger partial charge in [-0.1, -0.05) is 67.2 Å². The van der Waals surface area contributed by atoms with E-state index >= 15 is 0 Å². The zero-order valence-electron chi connectivity index (χ0n) is 28.0. The van der Waals surface area contributed by atoms with Gasteiger partial charge in [-0.3, -0.25) is 33.8 Å². The van der Waals surface area contributed by atoms with Crippen molar-refractivity contribution in [1.82, 2.24) is 30.8 Å². The van der Waals surface area contributed by atoms with Gasteiger partial charge in [-0.05, 0) is 48.9 Å². The molecular weight excluding hydrogens is 590 g/mol. The van der Waals surface area contributed by atoms with E-state index in [-0.39, 0.29) is 36.4 Å². The van der Waals surface area contributed by atoms with Crippen molar-refractivity contribution in [3.05, 3.63) is 24.3 Å². The molecule has 5 atom stereocenters. The summed E-state index contributed by atoms with van der Waals surface area (Å²) >= 11 is 0. The van der Waals surface area contributed by atoms with Crippen LogP contribution in [0.4, 0.5) is 0 Å². The van der Waals surface area contributed by atoms with Crippen molar-refractivity contribution in [2.45, 2.75) is 117 Å². The second kappa shape index (κ2) is 16.1. The van der Waals surface area contributed by atoms with Crippen LogP contribution in [0, 0.1) is 23.2 Å². The van der Waals surface area contributed by atoms with E-state index in [1.54, 1.807) is 0 Å². The normalized spacial score (nSPS) is 20.8. The van der Waals surface area contributed by atoms with Crippen LogP contribution in [0.2, 0.25) is 0 Å². The van der Waals surface area contributed by atoms with Gasteiger partial charge in [0.25, 0.3) is 11.8 Å². The van der Waals surface area contributed by atoms with Gasteiger partial charge in [-0.2, -0.15) is 0 Å². The third-order valence-electron chi connectivity index (χ3n) is 9.20. The number of likely N-dealkylation sites (tertiary alicyclic amines) is 1. The van der Waals surface area contributed by atoms with Crippen LogP contribution in [0.1, 0.15) is 103 Å². The summed E-state index contributed by atoms with van der Waals surface area (Å²) in [5.41, 5.74) is 4.55. The molecule has 2 fully saturated rings. The number of amides is 5. The van der Waals surface area contributed by atoms with Crippen LogP contribution in [0.3, 0.4) is 0 Å². The van der Waals surface area contributed by atoms with Crippen LogP contribution >= 0.6 is 0 Å². The Bertz CT molecular complexity index is 1260. The van der Waals surface area contributed by atoms with Crippen molar-refractivity contribution in [1.29, 1.82) is 0 Å². The largest absolute Gasteiger partial charge is 0.363 e. The second-order valence-corrected chi connectivity index (χ2v) is 14.1. The zero-order chi connectivity index (χ0) is 34.2. The van der Waals surface area contributed by atoms with E-state index in [9.17, 15) is 28.8 Å². The average Bonchev–Trinajstić information content (AvgIpc) is 3.48. The van der Waals surface area contributed by atoms with Crippen molar-refractivity contribution >= 4 is 35.3 Å². The molecule has 46 heavy (non-hydrogen) atoms. The Morgan fingerprint density at radius 3 is 2.20 bits per heavy atom. The monoisotopic (exact) mass is 641 g/mol. The summed E-state index contributed by atoms with van der Waals surface area (Å²) in [6, 6.07) is -3.92. The van der Waals surface area contributed by atoms with Crippen LogP contribution in [0.5, 0.6) is 0 Å². The maximum atomic E-state index is 14.4. The SMILES string of the molecule is CCCC(NC(=O)[C@@H]1C[C@@H](C(C)C)CN1C(=O)[C@@H](NC(=O)[C@@H](NC(=O)c1cnccn1)C1CCCCC1)C(C)(C)C)C(=O)C(N)=O. The van der Waals surface area contributed by atoms with E-state index in [0.29, 0.717) is 12.8 Å². The van der Waals surface area contributed by atoms with Gasteiger partial charge in [0, 0.05) is 18.9 Å². The molecule has 3 rings (SSSR count). The number of rotatable bonds is 13. The topological polar surface area (TPSA) is 194 Å². The fourth-order valence-electron chi connectivity index (χ4n) is 6.38. The van der Waals surface area contributed by atoms with Gasteiger partial charge in [0.1, 0.15) is 23.8 Å². The van der Waals surface area contributed by atoms with E-state index in [0.717, 1.165) is 32.1 Å². The molecule has 5 amide bonds. The highest BCUT2D eigenvalue weighted by Crippen LogP contribution is 2.33. The summed E-state index contributed by atoms with van der Waals surface area (Å²) in [5, 5.41) is 8.49. The third kappa shape index (κ3) is 9.32. The number of Topliss-reactive ketones (excluding diaryl/α,β-unsaturated/α-hetero) is 1. The molecule has 13 nitrogen and oxygen atoms in total. The molecule has 1 saturated carbocycles. The number of aromatic nitrogens is 2. The van der Waals surface area contributed by atoms with Crippen LogP contribution in [0.15, 0.2) is 18.6 Å². The van der Waals surface area contributed by atoms with Gasteiger partial charge in [0.2, 0.25) is 23.5 Å². The van der Waals surface area contributed by atoms with Gasteiger partial charge in [0.15, 0.2) is 0 Å². The number of ketones is 1. The molecule has 5 N–H and O–H groups in total. The first-order valence-corrected chi connectivity index (χ1v) is 16.5. The number of primary amides is 1. The Morgan fingerprint density at radius 1 is 0.978 bits per heavy atom. The molecule has 0 bridgehead atoms. The maximum Gasteiger partial charge on any atom is 0.287 e. The minimum Gasteiger partial charge on any atom is -0.363 e. The van der Waals surface area contributed by atoms with Crippen LogP contribution < -0.4 is 21.7 Å². The summed E-state index contributed by atoms with van der Waals surface area (Å²) < 4.78 is 0. The number of nitrogens with zero attached hydrogens (tertiary/aromatic N) is 3. The Balaban J connectivity index is 1.89. The molecule has 2 aliphatic rings. The number of carbonyl (C=O) groups is 6. The predicted molar refractivity (Wildman–Crippen MR) is 171 cm³/mol. The number of carbonyl (C=O) groups excluding carboxylic acids is 6. The Hall–Kier alpha value is -3.90. The van der Waals surface area contributed by atoms with Crippen molar-refractivity contribution in [2.24, 2.45) is 28.9 Å². The van der Waals surface area contributed by atoms with Crippen LogP contribution in [-0.2, 0) is 24.0 Å². The summed E-state index contributed by atoms with van der Waals surface area (Å²) in [4.78, 5) is 88.8. The molecule has 0 aromatic carbocycles. The predicted octanol–water partition coefficient (Wildman–Crippen LogP) is 1.90. The van der Waals surface area contributed by atoms with E-state index in [2.05, 4.69) is 25.9 Å².